The van der Waals surface area contributed by atoms with Gasteiger partial charge in [-0.25, -0.2) is 4.79 Å². The highest BCUT2D eigenvalue weighted by atomic mass is 16.2. The van der Waals surface area contributed by atoms with Gasteiger partial charge in [-0.05, 0) is 17.7 Å². The van der Waals surface area contributed by atoms with Crippen molar-refractivity contribution in [3.63, 3.8) is 0 Å². The normalized spacial score (nSPS) is 10.2. The third-order valence-electron chi connectivity index (χ3n) is 2.16. The summed E-state index contributed by atoms with van der Waals surface area (Å²) in [6, 6.07) is 8.67. The van der Waals surface area contributed by atoms with Gasteiger partial charge in [-0.2, -0.15) is 0 Å². The summed E-state index contributed by atoms with van der Waals surface area (Å²) in [5, 5.41) is 0. The Morgan fingerprint density at radius 3 is 2.62 bits per heavy atom. The summed E-state index contributed by atoms with van der Waals surface area (Å²) in [4.78, 5) is 26.8. The fourth-order valence-electron chi connectivity index (χ4n) is 1.54. The van der Waals surface area contributed by atoms with Crippen LogP contribution in [-0.2, 0) is 6.42 Å². The van der Waals surface area contributed by atoms with E-state index in [1.54, 1.807) is 12.1 Å². The van der Waals surface area contributed by atoms with Crippen molar-refractivity contribution in [3.8, 4) is 0 Å². The number of nitrogens with two attached hydrogens (primary N) is 1. The molecule has 1 aromatic carbocycles. The van der Waals surface area contributed by atoms with Crippen molar-refractivity contribution in [1.82, 2.24) is 9.97 Å². The molecule has 0 fully saturated rings. The van der Waals surface area contributed by atoms with Crippen molar-refractivity contribution in [1.29, 1.82) is 0 Å². The maximum atomic E-state index is 11.1. The molecule has 0 unspecified atom stereocenters. The van der Waals surface area contributed by atoms with E-state index in [1.807, 2.05) is 12.1 Å². The van der Waals surface area contributed by atoms with Crippen LogP contribution in [0.2, 0.25) is 0 Å². The minimum absolute atomic E-state index is 0.400. The van der Waals surface area contributed by atoms with Gasteiger partial charge in [0.2, 0.25) is 0 Å². The maximum absolute atomic E-state index is 11.1. The molecule has 0 bridgehead atoms. The average molecular weight is 217 g/mol. The van der Waals surface area contributed by atoms with Gasteiger partial charge in [-0.15, -0.1) is 0 Å². The number of hydrogen-bond donors (Lipinski definition) is 3. The van der Waals surface area contributed by atoms with Gasteiger partial charge in [0.05, 0.1) is 0 Å². The van der Waals surface area contributed by atoms with Crippen molar-refractivity contribution in [3.05, 3.63) is 62.4 Å². The minimum atomic E-state index is -0.494. The van der Waals surface area contributed by atoms with Gasteiger partial charge in [0.1, 0.15) is 0 Å². The Kier molecular flexibility index (Phi) is 2.59. The molecule has 1 aromatic heterocycles. The molecule has 5 heteroatoms. The van der Waals surface area contributed by atoms with Crippen LogP contribution in [0.1, 0.15) is 11.3 Å². The highest BCUT2D eigenvalue weighted by Crippen LogP contribution is 2.09. The Hall–Kier alpha value is -2.30. The predicted molar refractivity (Wildman–Crippen MR) is 61.3 cm³/mol. The lowest BCUT2D eigenvalue weighted by Gasteiger charge is -2.01. The molecule has 0 aliphatic rings. The first-order valence-corrected chi connectivity index (χ1v) is 4.80. The van der Waals surface area contributed by atoms with E-state index in [-0.39, 0.29) is 0 Å². The molecule has 0 saturated carbocycles. The fraction of sp³-hybridized carbons (Fsp3) is 0.0909. The van der Waals surface area contributed by atoms with E-state index in [0.717, 1.165) is 5.56 Å². The van der Waals surface area contributed by atoms with Gasteiger partial charge in [-0.3, -0.25) is 9.78 Å². The first-order valence-electron chi connectivity index (χ1n) is 4.80. The predicted octanol–water partition coefficient (Wildman–Crippen LogP) is 0.236. The zero-order valence-corrected chi connectivity index (χ0v) is 8.49. The summed E-state index contributed by atoms with van der Waals surface area (Å²) in [6.07, 6.45) is 0.476. The number of nitrogens with one attached hydrogen (secondary N) is 2. The Morgan fingerprint density at radius 2 is 1.94 bits per heavy atom. The lowest BCUT2D eigenvalue weighted by molar-refractivity contribution is 0.954. The smallest absolute Gasteiger partial charge is 0.325 e. The monoisotopic (exact) mass is 217 g/mol. The molecule has 0 aliphatic carbocycles. The van der Waals surface area contributed by atoms with Gasteiger partial charge < -0.3 is 10.7 Å². The van der Waals surface area contributed by atoms with Crippen LogP contribution in [-0.4, -0.2) is 9.97 Å². The molecule has 0 spiro atoms. The van der Waals surface area contributed by atoms with E-state index < -0.39 is 11.2 Å². The first kappa shape index (κ1) is 10.2. The van der Waals surface area contributed by atoms with Gasteiger partial charge in [0, 0.05) is 23.9 Å². The van der Waals surface area contributed by atoms with E-state index in [2.05, 4.69) is 9.97 Å². The largest absolute Gasteiger partial charge is 0.399 e. The number of benzene rings is 1. The summed E-state index contributed by atoms with van der Waals surface area (Å²) in [5.74, 6) is 0. The Balaban J connectivity index is 2.34. The van der Waals surface area contributed by atoms with Crippen LogP contribution in [0.15, 0.2) is 39.9 Å². The van der Waals surface area contributed by atoms with Gasteiger partial charge in [-0.1, -0.05) is 12.1 Å². The molecule has 4 N–H and O–H groups in total. The number of hydrogen-bond acceptors (Lipinski definition) is 3. The van der Waals surface area contributed by atoms with Crippen molar-refractivity contribution in [2.45, 2.75) is 6.42 Å². The Morgan fingerprint density at radius 1 is 1.12 bits per heavy atom. The van der Waals surface area contributed by atoms with Crippen molar-refractivity contribution < 1.29 is 0 Å². The molecule has 0 aliphatic heterocycles. The molecular weight excluding hydrogens is 206 g/mol. The van der Waals surface area contributed by atoms with E-state index in [9.17, 15) is 9.59 Å². The van der Waals surface area contributed by atoms with Crippen LogP contribution < -0.4 is 17.0 Å². The lowest BCUT2D eigenvalue weighted by atomic mass is 10.1. The summed E-state index contributed by atoms with van der Waals surface area (Å²) >= 11 is 0. The molecule has 0 amide bonds. The number of rotatable bonds is 2. The van der Waals surface area contributed by atoms with Gasteiger partial charge in [0.15, 0.2) is 0 Å². The van der Waals surface area contributed by atoms with E-state index in [1.165, 1.54) is 6.07 Å². The molecule has 5 nitrogen and oxygen atoms in total. The lowest BCUT2D eigenvalue weighted by Crippen LogP contribution is -2.23. The topological polar surface area (TPSA) is 91.7 Å². The molecular formula is C11H11N3O2. The molecule has 0 radical (unpaired) electrons. The number of nitrogen functional groups attached to an aromatic ring is 1. The summed E-state index contributed by atoms with van der Waals surface area (Å²) < 4.78 is 0. The molecule has 82 valence electrons. The summed E-state index contributed by atoms with van der Waals surface area (Å²) in [7, 11) is 0. The van der Waals surface area contributed by atoms with E-state index in [4.69, 9.17) is 5.73 Å². The molecule has 2 aromatic rings. The summed E-state index contributed by atoms with van der Waals surface area (Å²) in [6.45, 7) is 0. The third-order valence-corrected chi connectivity index (χ3v) is 2.16. The number of aromatic amines is 2. The summed E-state index contributed by atoms with van der Waals surface area (Å²) in [5.41, 5.74) is 6.91. The molecule has 16 heavy (non-hydrogen) atoms. The number of anilines is 1. The number of H-pyrrole nitrogens is 2. The first-order chi connectivity index (χ1) is 7.63. The van der Waals surface area contributed by atoms with Crippen LogP contribution in [0.4, 0.5) is 5.69 Å². The quantitative estimate of drug-likeness (QED) is 0.629. The second-order valence-corrected chi connectivity index (χ2v) is 3.53. The second-order valence-electron chi connectivity index (χ2n) is 3.53. The standard InChI is InChI=1S/C11H11N3O2/c12-8-3-1-2-7(4-8)5-9-6-10(15)14-11(16)13-9/h1-4,6H,5,12H2,(H2,13,14,15,16). The van der Waals surface area contributed by atoms with Crippen LogP contribution >= 0.6 is 0 Å². The van der Waals surface area contributed by atoms with Crippen molar-refractivity contribution in [2.75, 3.05) is 5.73 Å². The minimum Gasteiger partial charge on any atom is -0.399 e. The molecule has 2 rings (SSSR count). The van der Waals surface area contributed by atoms with Crippen molar-refractivity contribution >= 4 is 5.69 Å². The van der Waals surface area contributed by atoms with Gasteiger partial charge >= 0.3 is 5.69 Å². The molecule has 0 saturated heterocycles. The third kappa shape index (κ3) is 2.38. The zero-order valence-electron chi connectivity index (χ0n) is 8.49. The maximum Gasteiger partial charge on any atom is 0.325 e. The second kappa shape index (κ2) is 4.06. The SMILES string of the molecule is Nc1cccc(Cc2cc(=O)[nH]c(=O)[nH]2)c1. The highest BCUT2D eigenvalue weighted by Gasteiger charge is 1.99. The number of aromatic nitrogens is 2. The van der Waals surface area contributed by atoms with Crippen LogP contribution in [0.25, 0.3) is 0 Å². The molecule has 0 atom stereocenters. The van der Waals surface area contributed by atoms with Crippen LogP contribution in [0, 0.1) is 0 Å². The average Bonchev–Trinajstić information content (AvgIpc) is 2.15. The fourth-order valence-corrected chi connectivity index (χ4v) is 1.54. The van der Waals surface area contributed by atoms with Crippen LogP contribution in [0.3, 0.4) is 0 Å². The Labute approximate surface area is 91.0 Å². The van der Waals surface area contributed by atoms with E-state index >= 15 is 0 Å². The van der Waals surface area contributed by atoms with E-state index in [0.29, 0.717) is 17.8 Å². The highest BCUT2D eigenvalue weighted by molar-refractivity contribution is 5.41. The zero-order chi connectivity index (χ0) is 11.5. The van der Waals surface area contributed by atoms with Crippen molar-refractivity contribution in [2.24, 2.45) is 0 Å². The molecule has 1 heterocycles. The van der Waals surface area contributed by atoms with Crippen LogP contribution in [0.5, 0.6) is 0 Å². The van der Waals surface area contributed by atoms with Gasteiger partial charge in [0.25, 0.3) is 5.56 Å². The Bertz CT molecular complexity index is 585.